The SMILES string of the molecule is Cc1cc(O)cc(CN2[C@H](C)CN(c3nc4cc(F)c(C(F)(F)F)cc4s3)C[C@@H]2C)c1. The molecule has 0 radical (unpaired) electrons. The summed E-state index contributed by atoms with van der Waals surface area (Å²) >= 11 is 1.15. The number of phenols is 1. The Morgan fingerprint density at radius 3 is 2.39 bits per heavy atom. The summed E-state index contributed by atoms with van der Waals surface area (Å²) in [5, 5.41) is 10.5. The number of aryl methyl sites for hydroxylation is 1. The van der Waals surface area contributed by atoms with Gasteiger partial charge in [-0.3, -0.25) is 4.90 Å². The van der Waals surface area contributed by atoms with Crippen LogP contribution in [0.5, 0.6) is 5.75 Å². The molecule has 0 spiro atoms. The van der Waals surface area contributed by atoms with Crippen molar-refractivity contribution in [2.75, 3.05) is 18.0 Å². The summed E-state index contributed by atoms with van der Waals surface area (Å²) < 4.78 is 53.3. The van der Waals surface area contributed by atoms with Crippen molar-refractivity contribution in [1.82, 2.24) is 9.88 Å². The Labute approximate surface area is 181 Å². The molecule has 2 atom stereocenters. The lowest BCUT2D eigenvalue weighted by Gasteiger charge is -2.44. The topological polar surface area (TPSA) is 39.6 Å². The van der Waals surface area contributed by atoms with Crippen LogP contribution in [0.1, 0.15) is 30.5 Å². The van der Waals surface area contributed by atoms with Crippen molar-refractivity contribution >= 4 is 26.7 Å². The zero-order valence-electron chi connectivity index (χ0n) is 17.4. The first-order valence-electron chi connectivity index (χ1n) is 9.99. The Bertz CT molecular complexity index is 1080. The molecule has 4 rings (SSSR count). The van der Waals surface area contributed by atoms with Crippen LogP contribution in [0.3, 0.4) is 0 Å². The first-order chi connectivity index (χ1) is 14.5. The van der Waals surface area contributed by atoms with Gasteiger partial charge in [0.25, 0.3) is 0 Å². The minimum absolute atomic E-state index is 0.154. The Morgan fingerprint density at radius 2 is 1.77 bits per heavy atom. The average molecular weight is 454 g/mol. The van der Waals surface area contributed by atoms with Gasteiger partial charge in [0, 0.05) is 37.8 Å². The highest BCUT2D eigenvalue weighted by molar-refractivity contribution is 7.22. The molecule has 2 heterocycles. The predicted octanol–water partition coefficient (Wildman–Crippen LogP) is 5.57. The molecule has 0 unspecified atom stereocenters. The highest BCUT2D eigenvalue weighted by Crippen LogP contribution is 2.38. The van der Waals surface area contributed by atoms with Crippen molar-refractivity contribution in [3.05, 3.63) is 52.8 Å². The van der Waals surface area contributed by atoms with Gasteiger partial charge < -0.3 is 10.0 Å². The molecule has 1 saturated heterocycles. The van der Waals surface area contributed by atoms with Crippen molar-refractivity contribution in [3.63, 3.8) is 0 Å². The van der Waals surface area contributed by atoms with E-state index in [1.807, 2.05) is 13.0 Å². The molecule has 1 aliphatic rings. The Morgan fingerprint density at radius 1 is 1.10 bits per heavy atom. The average Bonchev–Trinajstić information content (AvgIpc) is 3.05. The lowest BCUT2D eigenvalue weighted by Crippen LogP contribution is -2.56. The highest BCUT2D eigenvalue weighted by atomic mass is 32.1. The molecule has 1 fully saturated rings. The Hall–Kier alpha value is -2.39. The molecular weight excluding hydrogens is 430 g/mol. The quantitative estimate of drug-likeness (QED) is 0.527. The monoisotopic (exact) mass is 453 g/mol. The number of piperazine rings is 1. The van der Waals surface area contributed by atoms with E-state index in [4.69, 9.17) is 0 Å². The number of thiazole rings is 1. The lowest BCUT2D eigenvalue weighted by molar-refractivity contribution is -0.139. The fourth-order valence-corrected chi connectivity index (χ4v) is 5.26. The van der Waals surface area contributed by atoms with Crippen LogP contribution in [0.15, 0.2) is 30.3 Å². The van der Waals surface area contributed by atoms with Crippen LogP contribution >= 0.6 is 11.3 Å². The van der Waals surface area contributed by atoms with E-state index in [0.717, 1.165) is 34.6 Å². The maximum absolute atomic E-state index is 13.9. The number of anilines is 1. The normalized spacial score (nSPS) is 20.5. The molecule has 0 amide bonds. The number of benzene rings is 2. The summed E-state index contributed by atoms with van der Waals surface area (Å²) in [6.07, 6.45) is -4.73. The summed E-state index contributed by atoms with van der Waals surface area (Å²) in [6, 6.07) is 7.55. The number of fused-ring (bicyclic) bond motifs is 1. The van der Waals surface area contributed by atoms with Crippen LogP contribution in [-0.4, -0.2) is 40.2 Å². The van der Waals surface area contributed by atoms with Gasteiger partial charge >= 0.3 is 6.18 Å². The second kappa shape index (κ2) is 7.94. The number of rotatable bonds is 3. The lowest BCUT2D eigenvalue weighted by atomic mass is 10.0. The minimum atomic E-state index is -4.73. The smallest absolute Gasteiger partial charge is 0.419 e. The van der Waals surface area contributed by atoms with Gasteiger partial charge in [-0.15, -0.1) is 0 Å². The molecule has 9 heteroatoms. The summed E-state index contributed by atoms with van der Waals surface area (Å²) in [6.45, 7) is 8.10. The van der Waals surface area contributed by atoms with Crippen molar-refractivity contribution in [2.24, 2.45) is 0 Å². The van der Waals surface area contributed by atoms with Gasteiger partial charge in [-0.1, -0.05) is 17.4 Å². The van der Waals surface area contributed by atoms with Gasteiger partial charge in [0.15, 0.2) is 5.13 Å². The molecule has 1 N–H and O–H groups in total. The van der Waals surface area contributed by atoms with Gasteiger partial charge in [-0.25, -0.2) is 9.37 Å². The number of hydrogen-bond donors (Lipinski definition) is 1. The maximum Gasteiger partial charge on any atom is 0.419 e. The largest absolute Gasteiger partial charge is 0.508 e. The number of aromatic hydroxyl groups is 1. The fourth-order valence-electron chi connectivity index (χ4n) is 4.26. The summed E-state index contributed by atoms with van der Waals surface area (Å²) in [4.78, 5) is 8.79. The van der Waals surface area contributed by atoms with Crippen LogP contribution < -0.4 is 4.90 Å². The third-order valence-corrected chi connectivity index (χ3v) is 6.71. The van der Waals surface area contributed by atoms with Crippen LogP contribution in [0.4, 0.5) is 22.7 Å². The molecule has 166 valence electrons. The maximum atomic E-state index is 13.9. The molecule has 2 aromatic carbocycles. The Kier molecular flexibility index (Phi) is 5.59. The van der Waals surface area contributed by atoms with E-state index in [-0.39, 0.29) is 23.3 Å². The number of phenolic OH excluding ortho intramolecular Hbond substituents is 1. The summed E-state index contributed by atoms with van der Waals surface area (Å²) in [5.41, 5.74) is 1.00. The molecular formula is C22H23F4N3OS. The number of hydrogen-bond acceptors (Lipinski definition) is 5. The number of nitrogens with zero attached hydrogens (tertiary/aromatic N) is 3. The molecule has 4 nitrogen and oxygen atoms in total. The van der Waals surface area contributed by atoms with Gasteiger partial charge in [0.1, 0.15) is 11.6 Å². The molecule has 0 aliphatic carbocycles. The van der Waals surface area contributed by atoms with Crippen LogP contribution in [0, 0.1) is 12.7 Å². The third-order valence-electron chi connectivity index (χ3n) is 5.63. The van der Waals surface area contributed by atoms with E-state index >= 15 is 0 Å². The van der Waals surface area contributed by atoms with Crippen molar-refractivity contribution in [3.8, 4) is 5.75 Å². The van der Waals surface area contributed by atoms with Gasteiger partial charge in [-0.05, 0) is 50.1 Å². The van der Waals surface area contributed by atoms with Crippen LogP contribution in [0.25, 0.3) is 10.2 Å². The van der Waals surface area contributed by atoms with Gasteiger partial charge in [-0.2, -0.15) is 13.2 Å². The van der Waals surface area contributed by atoms with E-state index in [1.165, 1.54) is 0 Å². The third kappa shape index (κ3) is 4.48. The van der Waals surface area contributed by atoms with E-state index in [9.17, 15) is 22.7 Å². The molecule has 31 heavy (non-hydrogen) atoms. The predicted molar refractivity (Wildman–Crippen MR) is 114 cm³/mol. The van der Waals surface area contributed by atoms with E-state index < -0.39 is 17.6 Å². The fraction of sp³-hybridized carbons (Fsp3) is 0.409. The second-order valence-electron chi connectivity index (χ2n) is 8.25. The van der Waals surface area contributed by atoms with Gasteiger partial charge in [0.2, 0.25) is 0 Å². The molecule has 1 aliphatic heterocycles. The molecule has 0 bridgehead atoms. The van der Waals surface area contributed by atoms with Crippen LogP contribution in [0.2, 0.25) is 0 Å². The first-order valence-corrected chi connectivity index (χ1v) is 10.8. The van der Waals surface area contributed by atoms with Gasteiger partial charge in [0.05, 0.1) is 15.8 Å². The minimum Gasteiger partial charge on any atom is -0.508 e. The van der Waals surface area contributed by atoms with Crippen LogP contribution in [-0.2, 0) is 12.7 Å². The zero-order valence-corrected chi connectivity index (χ0v) is 18.2. The molecule has 0 saturated carbocycles. The molecule has 1 aromatic heterocycles. The van der Waals surface area contributed by atoms with Crippen molar-refractivity contribution in [1.29, 1.82) is 0 Å². The van der Waals surface area contributed by atoms with Crippen molar-refractivity contribution in [2.45, 2.75) is 45.6 Å². The van der Waals surface area contributed by atoms with E-state index in [0.29, 0.717) is 29.5 Å². The number of alkyl halides is 3. The summed E-state index contributed by atoms with van der Waals surface area (Å²) in [5.74, 6) is -1.06. The second-order valence-corrected chi connectivity index (χ2v) is 9.26. The van der Waals surface area contributed by atoms with E-state index in [1.54, 1.807) is 12.1 Å². The highest BCUT2D eigenvalue weighted by Gasteiger charge is 2.35. The molecule has 3 aromatic rings. The zero-order chi connectivity index (χ0) is 22.5. The van der Waals surface area contributed by atoms with Crippen molar-refractivity contribution < 1.29 is 22.7 Å². The number of aromatic nitrogens is 1. The Balaban J connectivity index is 1.55. The first kappa shape index (κ1) is 21.8. The standard InChI is InChI=1S/C22H23F4N3OS/c1-12-4-15(6-16(30)5-12)11-29-13(2)9-28(10-14(29)3)21-27-19-8-18(23)17(22(24,25)26)7-20(19)31-21/h4-8,13-14,30H,9-11H2,1-3H3/t13-,14+. The number of halogens is 4. The summed E-state index contributed by atoms with van der Waals surface area (Å²) in [7, 11) is 0. The van der Waals surface area contributed by atoms with E-state index in [2.05, 4.69) is 28.6 Å².